The number of carbonyl (C=O) groups excluding carboxylic acids is 4. The molecule has 1 atom stereocenters. The number of hydrogen-bond donors (Lipinski definition) is 3. The number of nitrogens with zero attached hydrogens (tertiary/aromatic N) is 4. The lowest BCUT2D eigenvalue weighted by atomic mass is 9.99. The Morgan fingerprint density at radius 2 is 1.79 bits per heavy atom. The maximum atomic E-state index is 12.9. The Morgan fingerprint density at radius 3 is 2.41 bits per heavy atom. The topological polar surface area (TPSA) is 159 Å². The molecule has 13 nitrogen and oxygen atoms in total. The van der Waals surface area contributed by atoms with Crippen LogP contribution in [0.3, 0.4) is 0 Å². The molecule has 1 saturated heterocycles. The van der Waals surface area contributed by atoms with E-state index in [1.165, 1.54) is 4.90 Å². The maximum Gasteiger partial charge on any atom is 0.435 e. The number of nitrogens with one attached hydrogen (secondary N) is 2. The van der Waals surface area contributed by atoms with Crippen LogP contribution < -0.4 is 21.3 Å². The van der Waals surface area contributed by atoms with Gasteiger partial charge in [0, 0.05) is 44.5 Å². The molecule has 39 heavy (non-hydrogen) atoms. The number of likely N-dealkylation sites (N-methyl/N-ethyl adjacent to an activating group) is 2. The highest BCUT2D eigenvalue weighted by molar-refractivity contribution is 6.02. The summed E-state index contributed by atoms with van der Waals surface area (Å²) in [4.78, 5) is 58.7. The van der Waals surface area contributed by atoms with Crippen LogP contribution in [0.4, 0.5) is 15.3 Å². The molecule has 0 saturated carbocycles. The first-order valence-corrected chi connectivity index (χ1v) is 12.8. The highest BCUT2D eigenvalue weighted by atomic mass is 16.7. The van der Waals surface area contributed by atoms with Gasteiger partial charge >= 0.3 is 18.1 Å². The van der Waals surface area contributed by atoms with Crippen molar-refractivity contribution in [1.82, 2.24) is 20.4 Å². The fourth-order valence-corrected chi connectivity index (χ4v) is 3.39. The number of rotatable bonds is 11. The average molecular weight is 548 g/mol. The summed E-state index contributed by atoms with van der Waals surface area (Å²) < 4.78 is 5.16. The number of anilines is 1. The van der Waals surface area contributed by atoms with Gasteiger partial charge in [-0.25, -0.2) is 9.59 Å². The molecule has 4 amide bonds. The highest BCUT2D eigenvalue weighted by Gasteiger charge is 2.33. The van der Waals surface area contributed by atoms with E-state index in [0.29, 0.717) is 43.9 Å². The largest absolute Gasteiger partial charge is 0.465 e. The Balaban J connectivity index is 1.81. The van der Waals surface area contributed by atoms with E-state index in [4.69, 9.17) is 15.3 Å². The summed E-state index contributed by atoms with van der Waals surface area (Å²) in [7, 11) is 5.41. The van der Waals surface area contributed by atoms with Crippen molar-refractivity contribution in [3.05, 3.63) is 29.8 Å². The minimum absolute atomic E-state index is 0.0159. The third kappa shape index (κ3) is 10.8. The summed E-state index contributed by atoms with van der Waals surface area (Å²) in [5.41, 5.74) is 6.96. The standard InChI is InChI=1S/C26H41N7O6/c1-26(2,3)17-38-21(34)11-13-28-24(36)29-20-12-14-33(23(20)35)19-9-7-18(8-10-19)22(27)30-39-25(37)32(6)16-15-31(4)5/h7-10,20H,11-17H2,1-6H3,(H2,27,30)(H2,28,29,36). The molecule has 1 aliphatic heterocycles. The van der Waals surface area contributed by atoms with Gasteiger partial charge in [-0.2, -0.15) is 0 Å². The van der Waals surface area contributed by atoms with Gasteiger partial charge in [0.1, 0.15) is 6.04 Å². The smallest absolute Gasteiger partial charge is 0.435 e. The molecule has 13 heteroatoms. The van der Waals surface area contributed by atoms with Crippen molar-refractivity contribution >= 4 is 35.5 Å². The van der Waals surface area contributed by atoms with E-state index in [1.54, 1.807) is 36.2 Å². The van der Waals surface area contributed by atoms with Crippen LogP contribution in [0, 0.1) is 5.41 Å². The van der Waals surface area contributed by atoms with Crippen molar-refractivity contribution in [3.8, 4) is 0 Å². The van der Waals surface area contributed by atoms with Gasteiger partial charge in [0.2, 0.25) is 5.91 Å². The second-order valence-corrected chi connectivity index (χ2v) is 10.8. The third-order valence-electron chi connectivity index (χ3n) is 5.68. The summed E-state index contributed by atoms with van der Waals surface area (Å²) in [5, 5.41) is 8.94. The van der Waals surface area contributed by atoms with E-state index in [0.717, 1.165) is 0 Å². The molecule has 1 heterocycles. The number of oxime groups is 1. The Morgan fingerprint density at radius 1 is 1.13 bits per heavy atom. The van der Waals surface area contributed by atoms with Crippen LogP contribution in [-0.2, 0) is 19.2 Å². The summed E-state index contributed by atoms with van der Waals surface area (Å²) >= 11 is 0. The van der Waals surface area contributed by atoms with Crippen molar-refractivity contribution in [2.24, 2.45) is 16.3 Å². The van der Waals surface area contributed by atoms with Crippen molar-refractivity contribution in [2.45, 2.75) is 39.7 Å². The normalized spacial score (nSPS) is 15.8. The van der Waals surface area contributed by atoms with Crippen molar-refractivity contribution in [2.75, 3.05) is 58.8 Å². The van der Waals surface area contributed by atoms with Gasteiger partial charge in [-0.3, -0.25) is 14.4 Å². The fourth-order valence-electron chi connectivity index (χ4n) is 3.39. The molecule has 2 rings (SSSR count). The van der Waals surface area contributed by atoms with Crippen LogP contribution in [0.1, 0.15) is 39.2 Å². The van der Waals surface area contributed by atoms with Gasteiger partial charge in [-0.1, -0.05) is 25.9 Å². The molecular formula is C26H41N7O6. The van der Waals surface area contributed by atoms with E-state index in [1.807, 2.05) is 39.8 Å². The van der Waals surface area contributed by atoms with Gasteiger partial charge < -0.3 is 35.8 Å². The van der Waals surface area contributed by atoms with Crippen LogP contribution in [0.25, 0.3) is 0 Å². The molecule has 0 aliphatic carbocycles. The molecule has 0 bridgehead atoms. The number of amidine groups is 1. The van der Waals surface area contributed by atoms with Gasteiger partial charge in [0.05, 0.1) is 13.0 Å². The van der Waals surface area contributed by atoms with Crippen LogP contribution >= 0.6 is 0 Å². The van der Waals surface area contributed by atoms with Crippen LogP contribution in [0.5, 0.6) is 0 Å². The van der Waals surface area contributed by atoms with Crippen LogP contribution in [0.2, 0.25) is 0 Å². The van der Waals surface area contributed by atoms with Crippen LogP contribution in [0.15, 0.2) is 29.4 Å². The summed E-state index contributed by atoms with van der Waals surface area (Å²) in [6.45, 7) is 7.85. The molecule has 0 aromatic heterocycles. The Labute approximate surface area is 229 Å². The van der Waals surface area contributed by atoms with E-state index in [9.17, 15) is 19.2 Å². The number of esters is 1. The van der Waals surface area contributed by atoms with E-state index in [-0.39, 0.29) is 30.1 Å². The molecule has 1 aromatic carbocycles. The van der Waals surface area contributed by atoms with E-state index >= 15 is 0 Å². The predicted molar refractivity (Wildman–Crippen MR) is 147 cm³/mol. The lowest BCUT2D eigenvalue weighted by molar-refractivity contribution is -0.146. The van der Waals surface area contributed by atoms with Gasteiger partial charge in [-0.15, -0.1) is 0 Å². The average Bonchev–Trinajstić information content (AvgIpc) is 3.23. The molecule has 1 unspecified atom stereocenters. The first kappa shape index (κ1) is 31.3. The molecule has 4 N–H and O–H groups in total. The number of nitrogens with two attached hydrogens (primary N) is 1. The van der Waals surface area contributed by atoms with Crippen molar-refractivity contribution in [1.29, 1.82) is 0 Å². The minimum atomic E-state index is -0.687. The number of ether oxygens (including phenoxy) is 1. The molecule has 0 spiro atoms. The van der Waals surface area contributed by atoms with E-state index < -0.39 is 24.1 Å². The zero-order chi connectivity index (χ0) is 29.2. The maximum absolute atomic E-state index is 12.9. The summed E-state index contributed by atoms with van der Waals surface area (Å²) in [6, 6.07) is 5.51. The Bertz CT molecular complexity index is 1040. The number of carbonyl (C=O) groups is 4. The lowest BCUT2D eigenvalue weighted by Crippen LogP contribution is -2.46. The van der Waals surface area contributed by atoms with Gasteiger partial charge in [-0.05, 0) is 50.2 Å². The molecule has 216 valence electrons. The summed E-state index contributed by atoms with van der Waals surface area (Å²) in [5.74, 6) is -0.631. The quantitative estimate of drug-likeness (QED) is 0.123. The zero-order valence-electron chi connectivity index (χ0n) is 23.7. The van der Waals surface area contributed by atoms with Gasteiger partial charge in [0.25, 0.3) is 0 Å². The first-order chi connectivity index (χ1) is 18.3. The zero-order valence-corrected chi connectivity index (χ0v) is 23.7. The van der Waals surface area contributed by atoms with E-state index in [2.05, 4.69) is 15.8 Å². The molecule has 0 radical (unpaired) electrons. The Hall–Kier alpha value is -3.87. The number of benzene rings is 1. The van der Waals surface area contributed by atoms with Crippen molar-refractivity contribution < 1.29 is 28.8 Å². The lowest BCUT2D eigenvalue weighted by Gasteiger charge is -2.18. The monoisotopic (exact) mass is 547 g/mol. The Kier molecular flexibility index (Phi) is 11.5. The predicted octanol–water partition coefficient (Wildman–Crippen LogP) is 1.32. The van der Waals surface area contributed by atoms with Crippen molar-refractivity contribution in [3.63, 3.8) is 0 Å². The van der Waals surface area contributed by atoms with Gasteiger partial charge in [0.15, 0.2) is 5.84 Å². The second kappa shape index (κ2) is 14.3. The van der Waals surface area contributed by atoms with Crippen LogP contribution in [-0.4, -0.2) is 99.6 Å². The molecule has 1 aliphatic rings. The fraction of sp³-hybridized carbons (Fsp3) is 0.577. The SMILES string of the molecule is CN(C)CCN(C)C(=O)ON=C(N)c1ccc(N2CCC(NC(=O)NCCC(=O)OCC(C)(C)C)C2=O)cc1. The number of hydrogen-bond acceptors (Lipinski definition) is 8. The molecule has 1 fully saturated rings. The first-order valence-electron chi connectivity index (χ1n) is 12.8. The summed E-state index contributed by atoms with van der Waals surface area (Å²) in [6.07, 6.45) is -0.149. The highest BCUT2D eigenvalue weighted by Crippen LogP contribution is 2.22. The number of amides is 4. The molecule has 1 aromatic rings. The second-order valence-electron chi connectivity index (χ2n) is 10.8. The molecular weight excluding hydrogens is 506 g/mol. The minimum Gasteiger partial charge on any atom is -0.465 e. The third-order valence-corrected chi connectivity index (χ3v) is 5.68. The number of urea groups is 1.